The van der Waals surface area contributed by atoms with Gasteiger partial charge >= 0.3 is 0 Å². The lowest BCUT2D eigenvalue weighted by Crippen LogP contribution is -2.16. The number of hydrogen-bond acceptors (Lipinski definition) is 4. The molecule has 1 aliphatic heterocycles. The minimum Gasteiger partial charge on any atom is -0.378 e. The summed E-state index contributed by atoms with van der Waals surface area (Å²) in [6.45, 7) is 0.930. The van der Waals surface area contributed by atoms with Gasteiger partial charge in [0.1, 0.15) is 5.69 Å². The van der Waals surface area contributed by atoms with Crippen molar-refractivity contribution < 1.29 is 4.79 Å². The fourth-order valence-electron chi connectivity index (χ4n) is 2.48. The van der Waals surface area contributed by atoms with E-state index in [4.69, 9.17) is 0 Å². The van der Waals surface area contributed by atoms with Crippen LogP contribution in [-0.2, 0) is 13.0 Å². The molecule has 0 saturated carbocycles. The minimum atomic E-state index is -0.228. The lowest BCUT2D eigenvalue weighted by molar-refractivity contribution is 0.102. The summed E-state index contributed by atoms with van der Waals surface area (Å²) in [6, 6.07) is 5.59. The van der Waals surface area contributed by atoms with Crippen LogP contribution in [0.2, 0.25) is 0 Å². The molecule has 0 spiro atoms. The van der Waals surface area contributed by atoms with Crippen molar-refractivity contribution in [2.45, 2.75) is 25.8 Å². The maximum absolute atomic E-state index is 12.3. The van der Waals surface area contributed by atoms with Crippen LogP contribution in [0.4, 0.5) is 11.5 Å². The average molecular weight is 285 g/mol. The highest BCUT2D eigenvalue weighted by atomic mass is 16.2. The Balaban J connectivity index is 1.77. The van der Waals surface area contributed by atoms with Crippen molar-refractivity contribution in [2.24, 2.45) is 0 Å². The fraction of sp³-hybridized carbons (Fsp3) is 0.400. The lowest BCUT2D eigenvalue weighted by Gasteiger charge is -2.12. The predicted molar refractivity (Wildman–Crippen MR) is 81.7 cm³/mol. The van der Waals surface area contributed by atoms with E-state index in [2.05, 4.69) is 15.4 Å². The molecule has 0 aliphatic carbocycles. The number of rotatable bonds is 3. The second-order valence-corrected chi connectivity index (χ2v) is 5.45. The zero-order valence-corrected chi connectivity index (χ0v) is 12.3. The molecule has 0 atom stereocenters. The number of pyridine rings is 1. The number of carbonyl (C=O) groups is 1. The van der Waals surface area contributed by atoms with Gasteiger partial charge in [-0.05, 0) is 31.4 Å². The summed E-state index contributed by atoms with van der Waals surface area (Å²) in [6.07, 6.45) is 5.00. The number of aryl methyl sites for hydroxylation is 2. The molecule has 0 bridgehead atoms. The minimum absolute atomic E-state index is 0.228. The molecule has 6 nitrogen and oxygen atoms in total. The van der Waals surface area contributed by atoms with Crippen LogP contribution in [0.5, 0.6) is 0 Å². The molecular formula is C15H19N5O. The molecule has 0 fully saturated rings. The van der Waals surface area contributed by atoms with Crippen molar-refractivity contribution in [1.82, 2.24) is 14.8 Å². The van der Waals surface area contributed by atoms with Crippen LogP contribution in [0.25, 0.3) is 0 Å². The molecule has 3 rings (SSSR count). The maximum Gasteiger partial charge on any atom is 0.275 e. The fourth-order valence-corrected chi connectivity index (χ4v) is 2.48. The highest BCUT2D eigenvalue weighted by Crippen LogP contribution is 2.18. The quantitative estimate of drug-likeness (QED) is 0.936. The van der Waals surface area contributed by atoms with Gasteiger partial charge in [0, 0.05) is 44.3 Å². The van der Waals surface area contributed by atoms with E-state index in [0.29, 0.717) is 11.5 Å². The predicted octanol–water partition coefficient (Wildman–Crippen LogP) is 1.93. The summed E-state index contributed by atoms with van der Waals surface area (Å²) in [7, 11) is 3.86. The molecule has 110 valence electrons. The molecule has 0 unspecified atom stereocenters. The summed E-state index contributed by atoms with van der Waals surface area (Å²) < 4.78 is 1.97. The first-order valence-corrected chi connectivity index (χ1v) is 7.15. The first-order valence-electron chi connectivity index (χ1n) is 7.15. The first kappa shape index (κ1) is 13.6. The van der Waals surface area contributed by atoms with Gasteiger partial charge < -0.3 is 10.2 Å². The van der Waals surface area contributed by atoms with Gasteiger partial charge in [-0.15, -0.1) is 0 Å². The number of aromatic nitrogens is 3. The smallest absolute Gasteiger partial charge is 0.275 e. The molecule has 3 heterocycles. The van der Waals surface area contributed by atoms with Crippen LogP contribution in [0, 0.1) is 0 Å². The number of anilines is 2. The molecule has 1 amide bonds. The SMILES string of the molecule is CN(C)c1ccnc(C(=O)Nc2cc3n(n2)CCCC3)c1. The normalized spacial score (nSPS) is 13.6. The molecular weight excluding hydrogens is 266 g/mol. The van der Waals surface area contributed by atoms with Crippen LogP contribution in [0.15, 0.2) is 24.4 Å². The van der Waals surface area contributed by atoms with E-state index in [9.17, 15) is 4.79 Å². The monoisotopic (exact) mass is 285 g/mol. The van der Waals surface area contributed by atoms with E-state index in [0.717, 1.165) is 25.1 Å². The Morgan fingerprint density at radius 3 is 2.95 bits per heavy atom. The Kier molecular flexibility index (Phi) is 3.60. The van der Waals surface area contributed by atoms with Crippen molar-refractivity contribution in [2.75, 3.05) is 24.3 Å². The second kappa shape index (κ2) is 5.55. The largest absolute Gasteiger partial charge is 0.378 e. The Morgan fingerprint density at radius 1 is 1.33 bits per heavy atom. The van der Waals surface area contributed by atoms with E-state index in [1.54, 1.807) is 12.3 Å². The Labute approximate surface area is 123 Å². The molecule has 1 N–H and O–H groups in total. The molecule has 6 heteroatoms. The topological polar surface area (TPSA) is 63.1 Å². The zero-order chi connectivity index (χ0) is 14.8. The average Bonchev–Trinajstić information content (AvgIpc) is 2.89. The summed E-state index contributed by atoms with van der Waals surface area (Å²) in [5.41, 5.74) is 2.53. The maximum atomic E-state index is 12.3. The van der Waals surface area contributed by atoms with Gasteiger partial charge in [0.15, 0.2) is 5.82 Å². The van der Waals surface area contributed by atoms with E-state index < -0.39 is 0 Å². The van der Waals surface area contributed by atoms with Gasteiger partial charge in [-0.3, -0.25) is 14.5 Å². The van der Waals surface area contributed by atoms with Gasteiger partial charge in [0.05, 0.1) is 0 Å². The summed E-state index contributed by atoms with van der Waals surface area (Å²) in [5.74, 6) is 0.378. The van der Waals surface area contributed by atoms with Crippen molar-refractivity contribution in [3.05, 3.63) is 35.8 Å². The van der Waals surface area contributed by atoms with Gasteiger partial charge in [-0.25, -0.2) is 0 Å². The number of nitrogens with zero attached hydrogens (tertiary/aromatic N) is 4. The molecule has 2 aromatic rings. The second-order valence-electron chi connectivity index (χ2n) is 5.45. The van der Waals surface area contributed by atoms with Crippen LogP contribution in [0.3, 0.4) is 0 Å². The van der Waals surface area contributed by atoms with Gasteiger partial charge in [-0.1, -0.05) is 0 Å². The third-order valence-corrected chi connectivity index (χ3v) is 3.65. The third-order valence-electron chi connectivity index (χ3n) is 3.65. The Bertz CT molecular complexity index is 638. The van der Waals surface area contributed by atoms with Crippen LogP contribution < -0.4 is 10.2 Å². The van der Waals surface area contributed by atoms with Crippen LogP contribution in [0.1, 0.15) is 29.0 Å². The van der Waals surface area contributed by atoms with E-state index in [-0.39, 0.29) is 5.91 Å². The Hall–Kier alpha value is -2.37. The van der Waals surface area contributed by atoms with Gasteiger partial charge in [-0.2, -0.15) is 5.10 Å². The molecule has 0 saturated heterocycles. The van der Waals surface area contributed by atoms with Crippen molar-refractivity contribution >= 4 is 17.4 Å². The standard InChI is InChI=1S/C15H19N5O/c1-19(2)11-6-7-16-13(9-11)15(21)17-14-10-12-5-3-4-8-20(12)18-14/h6-7,9-10H,3-5,8H2,1-2H3,(H,17,18,21). The third kappa shape index (κ3) is 2.89. The van der Waals surface area contributed by atoms with E-state index in [1.165, 1.54) is 12.1 Å². The van der Waals surface area contributed by atoms with Crippen LogP contribution in [-0.4, -0.2) is 34.8 Å². The number of amides is 1. The zero-order valence-electron chi connectivity index (χ0n) is 12.3. The number of hydrogen-bond donors (Lipinski definition) is 1. The molecule has 21 heavy (non-hydrogen) atoms. The molecule has 0 radical (unpaired) electrons. The summed E-state index contributed by atoms with van der Waals surface area (Å²) in [5, 5.41) is 7.25. The van der Waals surface area contributed by atoms with Gasteiger partial charge in [0.25, 0.3) is 5.91 Å². The van der Waals surface area contributed by atoms with Crippen molar-refractivity contribution in [1.29, 1.82) is 0 Å². The number of carbonyl (C=O) groups excluding carboxylic acids is 1. The first-order chi connectivity index (χ1) is 10.1. The number of nitrogens with one attached hydrogen (secondary N) is 1. The highest BCUT2D eigenvalue weighted by molar-refractivity contribution is 6.02. The lowest BCUT2D eigenvalue weighted by atomic mass is 10.1. The van der Waals surface area contributed by atoms with Crippen molar-refractivity contribution in [3.8, 4) is 0 Å². The van der Waals surface area contributed by atoms with Gasteiger partial charge in [0.2, 0.25) is 0 Å². The van der Waals surface area contributed by atoms with E-state index in [1.807, 2.05) is 35.8 Å². The van der Waals surface area contributed by atoms with Crippen LogP contribution >= 0.6 is 0 Å². The molecule has 0 aromatic carbocycles. The Morgan fingerprint density at radius 2 is 2.19 bits per heavy atom. The van der Waals surface area contributed by atoms with E-state index >= 15 is 0 Å². The molecule has 1 aliphatic rings. The molecule has 2 aromatic heterocycles. The highest BCUT2D eigenvalue weighted by Gasteiger charge is 2.15. The van der Waals surface area contributed by atoms with Crippen molar-refractivity contribution in [3.63, 3.8) is 0 Å². The number of fused-ring (bicyclic) bond motifs is 1. The summed E-state index contributed by atoms with van der Waals surface area (Å²) in [4.78, 5) is 18.3. The summed E-state index contributed by atoms with van der Waals surface area (Å²) >= 11 is 0.